The molecule has 1 atom stereocenters. The molecular weight excluding hydrogens is 436 g/mol. The van der Waals surface area contributed by atoms with E-state index < -0.39 is 6.04 Å². The van der Waals surface area contributed by atoms with E-state index in [4.69, 9.17) is 21.7 Å². The maximum absolute atomic E-state index is 13.2. The molecule has 8 heteroatoms. The number of anilines is 1. The van der Waals surface area contributed by atoms with Gasteiger partial charge in [0.15, 0.2) is 16.6 Å². The maximum Gasteiger partial charge on any atom is 0.256 e. The number of benzene rings is 2. The summed E-state index contributed by atoms with van der Waals surface area (Å²) >= 11 is 5.37. The molecule has 0 bridgehead atoms. The fourth-order valence-electron chi connectivity index (χ4n) is 3.59. The average Bonchev–Trinajstić information content (AvgIpc) is 2.83. The highest BCUT2D eigenvalue weighted by Crippen LogP contribution is 2.35. The number of aromatic nitrogens is 1. The van der Waals surface area contributed by atoms with Crippen molar-refractivity contribution in [1.29, 1.82) is 0 Å². The van der Waals surface area contributed by atoms with Crippen molar-refractivity contribution in [2.75, 3.05) is 12.4 Å². The van der Waals surface area contributed by atoms with E-state index in [9.17, 15) is 4.79 Å². The van der Waals surface area contributed by atoms with E-state index in [1.54, 1.807) is 25.4 Å². The second kappa shape index (κ2) is 10.1. The number of carbonyl (C=O) groups excluding carboxylic acids is 1. The van der Waals surface area contributed by atoms with Gasteiger partial charge in [0, 0.05) is 11.9 Å². The summed E-state index contributed by atoms with van der Waals surface area (Å²) in [4.78, 5) is 17.4. The molecule has 4 rings (SSSR count). The number of methoxy groups -OCH3 is 1. The number of hydrogen-bond donors (Lipinski definition) is 3. The molecular formula is C25H24N4O3S. The molecule has 0 spiro atoms. The monoisotopic (exact) mass is 460 g/mol. The molecule has 1 aliphatic heterocycles. The Morgan fingerprint density at radius 2 is 1.88 bits per heavy atom. The lowest BCUT2D eigenvalue weighted by atomic mass is 9.94. The van der Waals surface area contributed by atoms with Crippen LogP contribution in [0.3, 0.4) is 0 Å². The maximum atomic E-state index is 13.2. The molecule has 0 aliphatic carbocycles. The van der Waals surface area contributed by atoms with Crippen LogP contribution in [0.25, 0.3) is 0 Å². The van der Waals surface area contributed by atoms with Gasteiger partial charge in [-0.25, -0.2) is 4.98 Å². The zero-order chi connectivity index (χ0) is 23.2. The van der Waals surface area contributed by atoms with Gasteiger partial charge in [0.1, 0.15) is 12.4 Å². The van der Waals surface area contributed by atoms with Gasteiger partial charge in [-0.05, 0) is 54.5 Å². The number of hydrogen-bond acceptors (Lipinski definition) is 5. The first-order valence-corrected chi connectivity index (χ1v) is 10.8. The van der Waals surface area contributed by atoms with Crippen molar-refractivity contribution in [3.8, 4) is 11.5 Å². The molecule has 2 aromatic carbocycles. The molecule has 0 saturated heterocycles. The first-order chi connectivity index (χ1) is 16.0. The fraction of sp³-hybridized carbons (Fsp3) is 0.160. The van der Waals surface area contributed by atoms with Gasteiger partial charge in [-0.3, -0.25) is 4.79 Å². The summed E-state index contributed by atoms with van der Waals surface area (Å²) in [5.74, 6) is 1.37. The Labute approximate surface area is 197 Å². The highest BCUT2D eigenvalue weighted by Gasteiger charge is 2.30. The molecule has 1 unspecified atom stereocenters. The van der Waals surface area contributed by atoms with Gasteiger partial charge in [0.2, 0.25) is 0 Å². The molecule has 1 aliphatic rings. The van der Waals surface area contributed by atoms with Crippen molar-refractivity contribution in [2.24, 2.45) is 0 Å². The Kier molecular flexibility index (Phi) is 6.85. The van der Waals surface area contributed by atoms with Crippen LogP contribution in [0, 0.1) is 0 Å². The molecule has 0 radical (unpaired) electrons. The molecule has 33 heavy (non-hydrogen) atoms. The second-order valence-electron chi connectivity index (χ2n) is 7.42. The second-order valence-corrected chi connectivity index (χ2v) is 7.83. The van der Waals surface area contributed by atoms with Crippen molar-refractivity contribution in [2.45, 2.75) is 19.6 Å². The predicted octanol–water partition coefficient (Wildman–Crippen LogP) is 4.10. The molecule has 3 aromatic rings. The lowest BCUT2D eigenvalue weighted by Crippen LogP contribution is -2.45. The number of rotatable bonds is 7. The van der Waals surface area contributed by atoms with Crippen molar-refractivity contribution in [3.05, 3.63) is 95.3 Å². The van der Waals surface area contributed by atoms with Crippen LogP contribution in [0.1, 0.15) is 24.1 Å². The van der Waals surface area contributed by atoms with Crippen LogP contribution in [-0.2, 0) is 11.4 Å². The number of allylic oxidation sites excluding steroid dienone is 1. The first kappa shape index (κ1) is 22.3. The summed E-state index contributed by atoms with van der Waals surface area (Å²) in [6, 6.07) is 20.3. The van der Waals surface area contributed by atoms with E-state index in [2.05, 4.69) is 20.9 Å². The minimum atomic E-state index is -0.479. The van der Waals surface area contributed by atoms with E-state index >= 15 is 0 Å². The summed E-state index contributed by atoms with van der Waals surface area (Å²) in [5, 5.41) is 9.54. The normalized spacial score (nSPS) is 15.3. The lowest BCUT2D eigenvalue weighted by molar-refractivity contribution is -0.113. The molecule has 0 fully saturated rings. The SMILES string of the molecule is COc1ccc(C2NC(=S)NC(C)=C2C(=O)Nc2ccccn2)cc1OCc1ccccc1. The standard InChI is InChI=1S/C25H24N4O3S/c1-16-22(24(30)28-21-10-6-7-13-26-21)23(29-25(33)27-16)18-11-12-19(31-2)20(14-18)32-15-17-8-4-3-5-9-17/h3-14,23H,15H2,1-2H3,(H,26,28,30)(H2,27,29,33). The number of carbonyl (C=O) groups is 1. The van der Waals surface area contributed by atoms with Crippen LogP contribution in [0.2, 0.25) is 0 Å². The predicted molar refractivity (Wildman–Crippen MR) is 131 cm³/mol. The number of pyridine rings is 1. The third kappa shape index (κ3) is 5.30. The average molecular weight is 461 g/mol. The number of ether oxygens (including phenoxy) is 2. The van der Waals surface area contributed by atoms with Crippen molar-refractivity contribution < 1.29 is 14.3 Å². The van der Waals surface area contributed by atoms with E-state index in [1.165, 1.54) is 0 Å². The Hall–Kier alpha value is -3.91. The number of amides is 1. The largest absolute Gasteiger partial charge is 0.493 e. The van der Waals surface area contributed by atoms with E-state index in [0.29, 0.717) is 40.3 Å². The van der Waals surface area contributed by atoms with E-state index in [1.807, 2.05) is 61.5 Å². The Balaban J connectivity index is 1.64. The van der Waals surface area contributed by atoms with Crippen LogP contribution >= 0.6 is 12.2 Å². The molecule has 7 nitrogen and oxygen atoms in total. The van der Waals surface area contributed by atoms with Crippen LogP contribution < -0.4 is 25.4 Å². The van der Waals surface area contributed by atoms with Gasteiger partial charge >= 0.3 is 0 Å². The summed E-state index contributed by atoms with van der Waals surface area (Å²) in [5.41, 5.74) is 3.03. The third-order valence-electron chi connectivity index (χ3n) is 5.18. The summed E-state index contributed by atoms with van der Waals surface area (Å²) in [6.07, 6.45) is 1.63. The molecule has 1 amide bonds. The van der Waals surface area contributed by atoms with E-state index in [-0.39, 0.29) is 5.91 Å². The fourth-order valence-corrected chi connectivity index (χ4v) is 3.86. The van der Waals surface area contributed by atoms with Crippen molar-refractivity contribution in [3.63, 3.8) is 0 Å². The van der Waals surface area contributed by atoms with Gasteiger partial charge in [0.25, 0.3) is 5.91 Å². The van der Waals surface area contributed by atoms with Gasteiger partial charge in [-0.1, -0.05) is 42.5 Å². The van der Waals surface area contributed by atoms with Crippen LogP contribution in [-0.4, -0.2) is 23.1 Å². The van der Waals surface area contributed by atoms with Crippen LogP contribution in [0.5, 0.6) is 11.5 Å². The zero-order valence-corrected chi connectivity index (χ0v) is 19.1. The summed E-state index contributed by atoms with van der Waals surface area (Å²) < 4.78 is 11.6. The quantitative estimate of drug-likeness (QED) is 0.458. The third-order valence-corrected chi connectivity index (χ3v) is 5.40. The number of thiocarbonyl (C=S) groups is 1. The minimum Gasteiger partial charge on any atom is -0.493 e. The molecule has 1 aromatic heterocycles. The topological polar surface area (TPSA) is 84.5 Å². The van der Waals surface area contributed by atoms with Crippen LogP contribution in [0.15, 0.2) is 84.2 Å². The highest BCUT2D eigenvalue weighted by molar-refractivity contribution is 7.80. The molecule has 0 saturated carbocycles. The zero-order valence-electron chi connectivity index (χ0n) is 18.3. The van der Waals surface area contributed by atoms with Crippen molar-refractivity contribution >= 4 is 29.1 Å². The molecule has 3 N–H and O–H groups in total. The van der Waals surface area contributed by atoms with Crippen LogP contribution in [0.4, 0.5) is 5.82 Å². The highest BCUT2D eigenvalue weighted by atomic mass is 32.1. The Bertz CT molecular complexity index is 1180. The van der Waals surface area contributed by atoms with Gasteiger partial charge < -0.3 is 25.4 Å². The summed E-state index contributed by atoms with van der Waals surface area (Å²) in [6.45, 7) is 2.21. The van der Waals surface area contributed by atoms with Gasteiger partial charge in [0.05, 0.1) is 18.7 Å². The van der Waals surface area contributed by atoms with E-state index in [0.717, 1.165) is 11.1 Å². The Morgan fingerprint density at radius 3 is 2.61 bits per heavy atom. The first-order valence-electron chi connectivity index (χ1n) is 10.4. The molecule has 168 valence electrons. The lowest BCUT2D eigenvalue weighted by Gasteiger charge is -2.30. The Morgan fingerprint density at radius 1 is 1.09 bits per heavy atom. The minimum absolute atomic E-state index is 0.277. The smallest absolute Gasteiger partial charge is 0.256 e. The van der Waals surface area contributed by atoms with Crippen molar-refractivity contribution in [1.82, 2.24) is 15.6 Å². The summed E-state index contributed by atoms with van der Waals surface area (Å²) in [7, 11) is 1.60. The number of nitrogens with one attached hydrogen (secondary N) is 3. The van der Waals surface area contributed by atoms with Gasteiger partial charge in [-0.15, -0.1) is 0 Å². The number of nitrogens with zero attached hydrogens (tertiary/aromatic N) is 1. The van der Waals surface area contributed by atoms with Gasteiger partial charge in [-0.2, -0.15) is 0 Å². The molecule has 2 heterocycles.